The van der Waals surface area contributed by atoms with Crippen LogP contribution >= 0.6 is 0 Å². The Morgan fingerprint density at radius 3 is 2.17 bits per heavy atom. The lowest BCUT2D eigenvalue weighted by atomic mass is 10.1. The number of benzene rings is 3. The molecule has 0 saturated carbocycles. The highest BCUT2D eigenvalue weighted by atomic mass is 16.5. The molecule has 0 bridgehead atoms. The quantitative estimate of drug-likeness (QED) is 0.451. The van der Waals surface area contributed by atoms with Gasteiger partial charge in [-0.3, -0.25) is 4.90 Å². The largest absolute Gasteiger partial charge is 0.497 e. The lowest BCUT2D eigenvalue weighted by molar-refractivity contribution is 0.0341. The van der Waals surface area contributed by atoms with E-state index < -0.39 is 0 Å². The van der Waals surface area contributed by atoms with E-state index in [0.717, 1.165) is 55.3 Å². The highest BCUT2D eigenvalue weighted by Gasteiger charge is 2.13. The van der Waals surface area contributed by atoms with Crippen LogP contribution in [-0.4, -0.2) is 44.3 Å². The molecule has 1 aliphatic heterocycles. The van der Waals surface area contributed by atoms with Crippen molar-refractivity contribution in [3.63, 3.8) is 0 Å². The van der Waals surface area contributed by atoms with E-state index in [1.165, 1.54) is 0 Å². The monoisotopic (exact) mass is 403 g/mol. The zero-order valence-corrected chi connectivity index (χ0v) is 17.0. The Morgan fingerprint density at radius 2 is 1.53 bits per heavy atom. The second-order valence-electron chi connectivity index (χ2n) is 7.23. The number of carbonyl (C=O) groups excluding carboxylic acids is 1. The van der Waals surface area contributed by atoms with E-state index in [1.807, 2.05) is 66.7 Å². The number of esters is 1. The van der Waals surface area contributed by atoms with Gasteiger partial charge in [0.1, 0.15) is 11.5 Å². The van der Waals surface area contributed by atoms with E-state index in [0.29, 0.717) is 11.3 Å². The van der Waals surface area contributed by atoms with Crippen molar-refractivity contribution in [3.05, 3.63) is 83.9 Å². The first-order valence-corrected chi connectivity index (χ1v) is 10.1. The Kier molecular flexibility index (Phi) is 6.42. The van der Waals surface area contributed by atoms with Gasteiger partial charge in [0.05, 0.1) is 25.9 Å². The van der Waals surface area contributed by atoms with Crippen molar-refractivity contribution < 1.29 is 19.0 Å². The molecular formula is C25H25NO4. The summed E-state index contributed by atoms with van der Waals surface area (Å²) in [4.78, 5) is 14.9. The third kappa shape index (κ3) is 5.06. The van der Waals surface area contributed by atoms with Crippen LogP contribution in [0.25, 0.3) is 11.1 Å². The zero-order chi connectivity index (χ0) is 20.8. The lowest BCUT2D eigenvalue weighted by Crippen LogP contribution is -2.35. The van der Waals surface area contributed by atoms with Gasteiger partial charge in [-0.15, -0.1) is 0 Å². The van der Waals surface area contributed by atoms with Crippen molar-refractivity contribution in [3.8, 4) is 22.6 Å². The topological polar surface area (TPSA) is 48.0 Å². The summed E-state index contributed by atoms with van der Waals surface area (Å²) in [6.07, 6.45) is 0. The molecule has 0 radical (unpaired) electrons. The van der Waals surface area contributed by atoms with Crippen molar-refractivity contribution in [2.75, 3.05) is 33.4 Å². The lowest BCUT2D eigenvalue weighted by Gasteiger charge is -2.26. The maximum atomic E-state index is 12.6. The first-order chi connectivity index (χ1) is 14.7. The Bertz CT molecular complexity index is 977. The van der Waals surface area contributed by atoms with Crippen LogP contribution in [0.5, 0.6) is 11.5 Å². The summed E-state index contributed by atoms with van der Waals surface area (Å²) in [7, 11) is 1.65. The van der Waals surface area contributed by atoms with Crippen LogP contribution in [0.4, 0.5) is 0 Å². The maximum absolute atomic E-state index is 12.6. The van der Waals surface area contributed by atoms with Gasteiger partial charge in [-0.05, 0) is 53.1 Å². The van der Waals surface area contributed by atoms with Gasteiger partial charge in [0.15, 0.2) is 0 Å². The second-order valence-corrected chi connectivity index (χ2v) is 7.23. The molecule has 154 valence electrons. The average Bonchev–Trinajstić information content (AvgIpc) is 2.80. The summed E-state index contributed by atoms with van der Waals surface area (Å²) in [5.74, 6) is 0.993. The molecule has 30 heavy (non-hydrogen) atoms. The van der Waals surface area contributed by atoms with Gasteiger partial charge in [-0.2, -0.15) is 0 Å². The highest BCUT2D eigenvalue weighted by Crippen LogP contribution is 2.25. The minimum atomic E-state index is -0.351. The average molecular weight is 403 g/mol. The van der Waals surface area contributed by atoms with Crippen LogP contribution < -0.4 is 9.47 Å². The summed E-state index contributed by atoms with van der Waals surface area (Å²) in [6, 6.07) is 23.0. The van der Waals surface area contributed by atoms with Crippen molar-refractivity contribution in [2.45, 2.75) is 6.54 Å². The predicted octanol–water partition coefficient (Wildman–Crippen LogP) is 4.41. The van der Waals surface area contributed by atoms with E-state index in [1.54, 1.807) is 13.2 Å². The Balaban J connectivity index is 1.40. The fourth-order valence-corrected chi connectivity index (χ4v) is 3.48. The fourth-order valence-electron chi connectivity index (χ4n) is 3.48. The van der Waals surface area contributed by atoms with Crippen LogP contribution in [0, 0.1) is 0 Å². The van der Waals surface area contributed by atoms with Crippen molar-refractivity contribution >= 4 is 5.97 Å². The second kappa shape index (κ2) is 9.57. The van der Waals surface area contributed by atoms with Gasteiger partial charge < -0.3 is 14.2 Å². The smallest absolute Gasteiger partial charge is 0.343 e. The van der Waals surface area contributed by atoms with E-state index in [4.69, 9.17) is 14.2 Å². The third-order valence-corrected chi connectivity index (χ3v) is 5.16. The molecule has 0 unspecified atom stereocenters. The number of rotatable bonds is 6. The summed E-state index contributed by atoms with van der Waals surface area (Å²) in [5, 5.41) is 0. The highest BCUT2D eigenvalue weighted by molar-refractivity contribution is 5.91. The number of ether oxygens (including phenoxy) is 3. The number of carbonyl (C=O) groups is 1. The third-order valence-electron chi connectivity index (χ3n) is 5.16. The molecule has 0 spiro atoms. The van der Waals surface area contributed by atoms with Gasteiger partial charge >= 0.3 is 5.97 Å². The van der Waals surface area contributed by atoms with E-state index in [9.17, 15) is 4.79 Å². The molecule has 3 aromatic carbocycles. The van der Waals surface area contributed by atoms with Crippen LogP contribution in [-0.2, 0) is 11.3 Å². The molecule has 0 amide bonds. The predicted molar refractivity (Wildman–Crippen MR) is 116 cm³/mol. The molecule has 0 atom stereocenters. The summed E-state index contributed by atoms with van der Waals surface area (Å²) >= 11 is 0. The zero-order valence-electron chi connectivity index (χ0n) is 17.0. The van der Waals surface area contributed by atoms with Gasteiger partial charge in [-0.1, -0.05) is 36.4 Å². The summed E-state index contributed by atoms with van der Waals surface area (Å²) < 4.78 is 16.2. The first kappa shape index (κ1) is 20.1. The van der Waals surface area contributed by atoms with E-state index in [2.05, 4.69) is 4.90 Å². The molecule has 1 fully saturated rings. The maximum Gasteiger partial charge on any atom is 0.343 e. The molecule has 1 saturated heterocycles. The van der Waals surface area contributed by atoms with Gasteiger partial charge in [0.25, 0.3) is 0 Å². The number of hydrogen-bond donors (Lipinski definition) is 0. The molecule has 1 heterocycles. The van der Waals surface area contributed by atoms with Crippen LogP contribution in [0.2, 0.25) is 0 Å². The summed E-state index contributed by atoms with van der Waals surface area (Å²) in [6.45, 7) is 4.15. The van der Waals surface area contributed by atoms with Crippen LogP contribution in [0.3, 0.4) is 0 Å². The number of nitrogens with zero attached hydrogens (tertiary/aromatic N) is 1. The normalized spacial score (nSPS) is 14.3. The number of methoxy groups -OCH3 is 1. The Labute approximate surface area is 176 Å². The molecule has 0 aliphatic carbocycles. The van der Waals surface area contributed by atoms with Gasteiger partial charge in [0.2, 0.25) is 0 Å². The van der Waals surface area contributed by atoms with Crippen molar-refractivity contribution in [1.82, 2.24) is 4.90 Å². The standard InChI is InChI=1S/C25H25NO4/c1-28-23-9-5-20(6-10-23)21-7-11-24(12-8-21)30-25(27)22-4-2-3-19(17-22)18-26-13-15-29-16-14-26/h2-12,17H,13-16,18H2,1H3. The number of morpholine rings is 1. The Hall–Kier alpha value is -3.15. The molecule has 1 aliphatic rings. The van der Waals surface area contributed by atoms with Crippen molar-refractivity contribution in [1.29, 1.82) is 0 Å². The minimum absolute atomic E-state index is 0.351. The van der Waals surface area contributed by atoms with Crippen molar-refractivity contribution in [2.24, 2.45) is 0 Å². The SMILES string of the molecule is COc1ccc(-c2ccc(OC(=O)c3cccc(CN4CCOCC4)c3)cc2)cc1. The summed E-state index contributed by atoms with van der Waals surface area (Å²) in [5.41, 5.74) is 3.77. The van der Waals surface area contributed by atoms with E-state index >= 15 is 0 Å². The molecule has 0 N–H and O–H groups in total. The minimum Gasteiger partial charge on any atom is -0.497 e. The molecule has 4 rings (SSSR count). The fraction of sp³-hybridized carbons (Fsp3) is 0.240. The molecule has 3 aromatic rings. The Morgan fingerprint density at radius 1 is 0.900 bits per heavy atom. The number of hydrogen-bond acceptors (Lipinski definition) is 5. The van der Waals surface area contributed by atoms with Gasteiger partial charge in [0, 0.05) is 19.6 Å². The van der Waals surface area contributed by atoms with Crippen LogP contribution in [0.15, 0.2) is 72.8 Å². The molecular weight excluding hydrogens is 378 g/mol. The van der Waals surface area contributed by atoms with E-state index in [-0.39, 0.29) is 5.97 Å². The molecule has 5 heteroatoms. The van der Waals surface area contributed by atoms with Gasteiger partial charge in [-0.25, -0.2) is 4.79 Å². The first-order valence-electron chi connectivity index (χ1n) is 10.1. The van der Waals surface area contributed by atoms with Crippen LogP contribution in [0.1, 0.15) is 15.9 Å². The molecule has 5 nitrogen and oxygen atoms in total. The molecule has 0 aromatic heterocycles.